The summed E-state index contributed by atoms with van der Waals surface area (Å²) in [7, 11) is 0. The van der Waals surface area contributed by atoms with Gasteiger partial charge in [-0.3, -0.25) is 0 Å². The summed E-state index contributed by atoms with van der Waals surface area (Å²) in [6.45, 7) is 9.15. The highest BCUT2D eigenvalue weighted by Gasteiger charge is 2.32. The van der Waals surface area contributed by atoms with Gasteiger partial charge < -0.3 is 0 Å². The molecule has 6 rings (SSSR count). The number of hydrogen-bond acceptors (Lipinski definition) is 0. The predicted molar refractivity (Wildman–Crippen MR) is 210 cm³/mol. The Labute approximate surface area is 292 Å². The molecule has 4 aliphatic rings. The zero-order valence-electron chi connectivity index (χ0n) is 30.8. The van der Waals surface area contributed by atoms with Crippen molar-refractivity contribution in [3.05, 3.63) is 70.8 Å². The SMILES string of the molecule is CCCC1CCC(C2CCC(c3ccc(C)cc3)CC2)CC1.CCCc1ccc(C2CCC(C3CCC(CCC)CC3)CC2)cc1.[HH].[HH].[HH].[HH]. The molecule has 4 aliphatic carbocycles. The van der Waals surface area contributed by atoms with Crippen molar-refractivity contribution < 1.29 is 5.71 Å². The van der Waals surface area contributed by atoms with Gasteiger partial charge in [0.2, 0.25) is 0 Å². The average molecular weight is 633 g/mol. The van der Waals surface area contributed by atoms with Crippen LogP contribution in [0.3, 0.4) is 0 Å². The zero-order chi connectivity index (χ0) is 32.1. The lowest BCUT2D eigenvalue weighted by atomic mass is 9.68. The van der Waals surface area contributed by atoms with Crippen molar-refractivity contribution >= 4 is 0 Å². The topological polar surface area (TPSA) is 0 Å². The largest absolute Gasteiger partial charge is 0.0654 e. The van der Waals surface area contributed by atoms with Gasteiger partial charge >= 0.3 is 0 Å². The van der Waals surface area contributed by atoms with Gasteiger partial charge in [-0.1, -0.05) is 133 Å². The highest BCUT2D eigenvalue weighted by Crippen LogP contribution is 2.46. The summed E-state index contributed by atoms with van der Waals surface area (Å²) in [6.07, 6.45) is 32.1. The first kappa shape index (κ1) is 35.7. The van der Waals surface area contributed by atoms with Crippen LogP contribution in [0.25, 0.3) is 0 Å². The van der Waals surface area contributed by atoms with E-state index in [0.29, 0.717) is 0 Å². The second-order valence-electron chi connectivity index (χ2n) is 16.8. The molecule has 0 radical (unpaired) electrons. The molecule has 0 heteroatoms. The molecule has 4 saturated carbocycles. The Morgan fingerprint density at radius 1 is 0.435 bits per heavy atom. The average Bonchev–Trinajstić information content (AvgIpc) is 3.11. The van der Waals surface area contributed by atoms with Gasteiger partial charge in [-0.2, -0.15) is 0 Å². The summed E-state index contributed by atoms with van der Waals surface area (Å²) in [4.78, 5) is 0. The maximum Gasteiger partial charge on any atom is 0 e. The Bertz CT molecular complexity index is 1080. The van der Waals surface area contributed by atoms with Crippen LogP contribution in [0.2, 0.25) is 0 Å². The molecule has 264 valence electrons. The minimum atomic E-state index is 0. The van der Waals surface area contributed by atoms with E-state index in [-0.39, 0.29) is 5.71 Å². The quantitative estimate of drug-likeness (QED) is 0.244. The molecule has 0 N–H and O–H groups in total. The molecule has 0 heterocycles. The third kappa shape index (κ3) is 10.5. The van der Waals surface area contributed by atoms with Gasteiger partial charge in [0, 0.05) is 5.71 Å². The van der Waals surface area contributed by atoms with E-state index in [1.807, 2.05) is 0 Å². The molecule has 0 aromatic heterocycles. The van der Waals surface area contributed by atoms with Crippen molar-refractivity contribution in [2.75, 3.05) is 0 Å². The lowest BCUT2D eigenvalue weighted by molar-refractivity contribution is 0.156. The van der Waals surface area contributed by atoms with Crippen LogP contribution in [0.5, 0.6) is 0 Å². The van der Waals surface area contributed by atoms with E-state index in [2.05, 4.69) is 76.2 Å². The Kier molecular flexibility index (Phi) is 14.6. The van der Waals surface area contributed by atoms with Crippen molar-refractivity contribution in [2.24, 2.45) is 35.5 Å². The van der Waals surface area contributed by atoms with Crippen molar-refractivity contribution in [1.29, 1.82) is 0 Å². The molecule has 4 fully saturated rings. The molecule has 0 atom stereocenters. The van der Waals surface area contributed by atoms with Crippen molar-refractivity contribution in [3.63, 3.8) is 0 Å². The van der Waals surface area contributed by atoms with Crippen LogP contribution in [0, 0.1) is 42.4 Å². The fraction of sp³-hybridized carbons (Fsp3) is 0.739. The summed E-state index contributed by atoms with van der Waals surface area (Å²) in [5.74, 6) is 8.02. The van der Waals surface area contributed by atoms with Crippen LogP contribution in [0.15, 0.2) is 48.5 Å². The van der Waals surface area contributed by atoms with E-state index in [0.717, 1.165) is 47.3 Å². The van der Waals surface area contributed by atoms with Crippen LogP contribution in [0.4, 0.5) is 0 Å². The molecule has 0 bridgehead atoms. The maximum atomic E-state index is 2.42. The molecule has 46 heavy (non-hydrogen) atoms. The maximum absolute atomic E-state index is 2.42. The van der Waals surface area contributed by atoms with E-state index >= 15 is 0 Å². The first-order chi connectivity index (χ1) is 22.6. The normalized spacial score (nSPS) is 31.9. The predicted octanol–water partition coefficient (Wildman–Crippen LogP) is 15.4. The summed E-state index contributed by atoms with van der Waals surface area (Å²) >= 11 is 0. The molecule has 0 nitrogen and oxygen atoms in total. The summed E-state index contributed by atoms with van der Waals surface area (Å²) in [6, 6.07) is 18.9. The van der Waals surface area contributed by atoms with Gasteiger partial charge in [-0.15, -0.1) is 0 Å². The van der Waals surface area contributed by atoms with E-state index < -0.39 is 0 Å². The number of benzene rings is 2. The summed E-state index contributed by atoms with van der Waals surface area (Å²) in [5.41, 5.74) is 6.11. The Morgan fingerprint density at radius 2 is 0.783 bits per heavy atom. The summed E-state index contributed by atoms with van der Waals surface area (Å²) in [5, 5.41) is 0. The van der Waals surface area contributed by atoms with Gasteiger partial charge in [0.05, 0.1) is 0 Å². The number of aryl methyl sites for hydroxylation is 2. The minimum absolute atomic E-state index is 0. The highest BCUT2D eigenvalue weighted by atomic mass is 14.4. The third-order valence-corrected chi connectivity index (χ3v) is 13.6. The molecule has 0 saturated heterocycles. The van der Waals surface area contributed by atoms with E-state index in [1.54, 1.807) is 11.1 Å². The fourth-order valence-electron chi connectivity index (χ4n) is 10.6. The molecule has 0 aliphatic heterocycles. The Balaban J connectivity index is 0.000000464. The monoisotopic (exact) mass is 633 g/mol. The molecule has 2 aromatic rings. The van der Waals surface area contributed by atoms with Crippen LogP contribution in [-0.4, -0.2) is 0 Å². The zero-order valence-corrected chi connectivity index (χ0v) is 30.8. The van der Waals surface area contributed by atoms with Gasteiger partial charge in [0.1, 0.15) is 0 Å². The first-order valence-electron chi connectivity index (χ1n) is 20.7. The molecule has 0 unspecified atom stereocenters. The Hall–Kier alpha value is -1.56. The molecule has 2 aromatic carbocycles. The summed E-state index contributed by atoms with van der Waals surface area (Å²) < 4.78 is 0. The van der Waals surface area contributed by atoms with Crippen LogP contribution in [0.1, 0.15) is 195 Å². The number of rotatable bonds is 10. The second-order valence-corrected chi connectivity index (χ2v) is 16.8. The lowest BCUT2D eigenvalue weighted by Gasteiger charge is -2.38. The van der Waals surface area contributed by atoms with Crippen molar-refractivity contribution in [3.8, 4) is 0 Å². The van der Waals surface area contributed by atoms with E-state index in [4.69, 9.17) is 0 Å². The smallest absolute Gasteiger partial charge is 0 e. The molecular weight excluding hydrogens is 553 g/mol. The molecular formula is C46H80. The van der Waals surface area contributed by atoms with E-state index in [1.165, 1.54) is 152 Å². The van der Waals surface area contributed by atoms with Crippen LogP contribution in [-0.2, 0) is 6.42 Å². The van der Waals surface area contributed by atoms with Gasteiger partial charge in [0.25, 0.3) is 0 Å². The standard InChI is InChI=1S/C24H38.C22H34.4H2/c1-3-5-19-7-11-21(12-8-19)23-15-17-24(18-16-23)22-13-9-20(6-4-2)10-14-22;1-3-4-18-7-11-20(12-8-18)22-15-13-21(14-16-22)19-9-5-17(2)6-10-19;;;;/h7-8,11-12,20,22-24H,3-6,9-10,13-18H2,1-2H3;5-6,9-10,18,20-22H,3-4,7-8,11-16H2,1-2H3;4*1H. The molecule has 0 spiro atoms. The number of hydrogen-bond donors (Lipinski definition) is 0. The van der Waals surface area contributed by atoms with Crippen molar-refractivity contribution in [2.45, 2.75) is 181 Å². The van der Waals surface area contributed by atoms with Crippen LogP contribution < -0.4 is 0 Å². The van der Waals surface area contributed by atoms with E-state index in [9.17, 15) is 0 Å². The minimum Gasteiger partial charge on any atom is -0.0654 e. The fourth-order valence-corrected chi connectivity index (χ4v) is 10.6. The van der Waals surface area contributed by atoms with Gasteiger partial charge in [-0.25, -0.2) is 0 Å². The lowest BCUT2D eigenvalue weighted by Crippen LogP contribution is -2.25. The van der Waals surface area contributed by atoms with Crippen LogP contribution >= 0.6 is 0 Å². The first-order valence-corrected chi connectivity index (χ1v) is 20.7. The third-order valence-electron chi connectivity index (χ3n) is 13.6. The van der Waals surface area contributed by atoms with Gasteiger partial charge in [-0.05, 0) is 154 Å². The van der Waals surface area contributed by atoms with Gasteiger partial charge in [0.15, 0.2) is 0 Å². The second kappa shape index (κ2) is 18.8. The highest BCUT2D eigenvalue weighted by molar-refractivity contribution is 5.26. The van der Waals surface area contributed by atoms with Crippen molar-refractivity contribution in [1.82, 2.24) is 0 Å². The Morgan fingerprint density at radius 3 is 1.13 bits per heavy atom. The molecule has 0 amide bonds.